The van der Waals surface area contributed by atoms with Crippen LogP contribution in [0.3, 0.4) is 0 Å². The minimum absolute atomic E-state index is 0.0908. The number of anilines is 1. The quantitative estimate of drug-likeness (QED) is 0.473. The minimum atomic E-state index is -3.91. The molecule has 1 saturated heterocycles. The first-order valence-electron chi connectivity index (χ1n) is 11.5. The molecule has 0 spiro atoms. The molecular formula is C26H30N2O5S. The summed E-state index contributed by atoms with van der Waals surface area (Å²) in [5.74, 6) is -0.0871. The van der Waals surface area contributed by atoms with E-state index < -0.39 is 22.0 Å². The Balaban J connectivity index is 1.45. The zero-order chi connectivity index (χ0) is 24.1. The standard InChI is InChI=1S/C26H30N2O5S/c1-18(2)25(28-34(30,31)24-13-12-19-7-3-4-8-20(19)15-24)26(29)27-21-9-5-10-22(16-21)33-17-23-11-6-14-32-23/h3-5,7-10,12-13,15-16,18,23,25,28H,6,11,14,17H2,1-2H3,(H,27,29)/t23-,25+/m1/s1. The van der Waals surface area contributed by atoms with Crippen LogP contribution in [0.1, 0.15) is 26.7 Å². The van der Waals surface area contributed by atoms with Crippen molar-refractivity contribution in [1.29, 1.82) is 0 Å². The second-order valence-electron chi connectivity index (χ2n) is 8.82. The molecule has 1 aliphatic rings. The molecule has 3 aromatic rings. The van der Waals surface area contributed by atoms with E-state index in [1.165, 1.54) is 0 Å². The zero-order valence-electron chi connectivity index (χ0n) is 19.4. The highest BCUT2D eigenvalue weighted by atomic mass is 32.2. The van der Waals surface area contributed by atoms with Crippen LogP contribution in [0.25, 0.3) is 10.8 Å². The van der Waals surface area contributed by atoms with Gasteiger partial charge in [0, 0.05) is 18.4 Å². The molecule has 0 saturated carbocycles. The molecule has 0 bridgehead atoms. The lowest BCUT2D eigenvalue weighted by atomic mass is 10.0. The lowest BCUT2D eigenvalue weighted by molar-refractivity contribution is -0.118. The molecule has 7 nitrogen and oxygen atoms in total. The van der Waals surface area contributed by atoms with Gasteiger partial charge < -0.3 is 14.8 Å². The normalized spacial score (nSPS) is 17.1. The fourth-order valence-corrected chi connectivity index (χ4v) is 5.29. The van der Waals surface area contributed by atoms with Crippen molar-refractivity contribution in [2.45, 2.75) is 43.7 Å². The molecule has 3 aromatic carbocycles. The number of fused-ring (bicyclic) bond motifs is 1. The van der Waals surface area contributed by atoms with Gasteiger partial charge >= 0.3 is 0 Å². The Kier molecular flexibility index (Phi) is 7.50. The number of amides is 1. The average Bonchev–Trinajstić information content (AvgIpc) is 3.35. The van der Waals surface area contributed by atoms with Crippen molar-refractivity contribution in [2.75, 3.05) is 18.5 Å². The van der Waals surface area contributed by atoms with Gasteiger partial charge in [0.1, 0.15) is 18.4 Å². The maximum atomic E-state index is 13.1. The van der Waals surface area contributed by atoms with Gasteiger partial charge in [0.05, 0.1) is 11.0 Å². The first-order chi connectivity index (χ1) is 16.3. The third kappa shape index (κ3) is 5.94. The van der Waals surface area contributed by atoms with E-state index in [0.29, 0.717) is 18.0 Å². The lowest BCUT2D eigenvalue weighted by Gasteiger charge is -2.22. The summed E-state index contributed by atoms with van der Waals surface area (Å²) in [4.78, 5) is 13.2. The van der Waals surface area contributed by atoms with Crippen LogP contribution >= 0.6 is 0 Å². The van der Waals surface area contributed by atoms with Crippen molar-refractivity contribution in [1.82, 2.24) is 4.72 Å². The van der Waals surface area contributed by atoms with Crippen LogP contribution in [0.5, 0.6) is 5.75 Å². The Morgan fingerprint density at radius 2 is 1.85 bits per heavy atom. The Bertz CT molecular complexity index is 1250. The molecule has 8 heteroatoms. The number of hydrogen-bond donors (Lipinski definition) is 2. The summed E-state index contributed by atoms with van der Waals surface area (Å²) in [6.07, 6.45) is 2.10. The first-order valence-corrected chi connectivity index (χ1v) is 13.0. The number of ether oxygens (including phenoxy) is 2. The van der Waals surface area contributed by atoms with Crippen LogP contribution in [0.15, 0.2) is 71.6 Å². The van der Waals surface area contributed by atoms with Gasteiger partial charge in [-0.05, 0) is 53.8 Å². The summed E-state index contributed by atoms with van der Waals surface area (Å²) in [5.41, 5.74) is 0.533. The summed E-state index contributed by atoms with van der Waals surface area (Å²) in [6.45, 7) is 4.82. The highest BCUT2D eigenvalue weighted by molar-refractivity contribution is 7.89. The molecule has 1 heterocycles. The van der Waals surface area contributed by atoms with Crippen LogP contribution in [-0.2, 0) is 19.6 Å². The second-order valence-corrected chi connectivity index (χ2v) is 10.5. The lowest BCUT2D eigenvalue weighted by Crippen LogP contribution is -2.47. The predicted molar refractivity (Wildman–Crippen MR) is 132 cm³/mol. The van der Waals surface area contributed by atoms with E-state index in [1.807, 2.05) is 30.3 Å². The van der Waals surface area contributed by atoms with Gasteiger partial charge in [0.15, 0.2) is 0 Å². The van der Waals surface area contributed by atoms with Crippen molar-refractivity contribution in [3.8, 4) is 5.75 Å². The number of nitrogens with one attached hydrogen (secondary N) is 2. The second kappa shape index (κ2) is 10.5. The highest BCUT2D eigenvalue weighted by Gasteiger charge is 2.28. The summed E-state index contributed by atoms with van der Waals surface area (Å²) in [5, 5.41) is 4.58. The fraction of sp³-hybridized carbons (Fsp3) is 0.346. The Morgan fingerprint density at radius 1 is 1.06 bits per heavy atom. The number of hydrogen-bond acceptors (Lipinski definition) is 5. The fourth-order valence-electron chi connectivity index (χ4n) is 3.91. The largest absolute Gasteiger partial charge is 0.491 e. The Morgan fingerprint density at radius 3 is 2.59 bits per heavy atom. The maximum Gasteiger partial charge on any atom is 0.242 e. The van der Waals surface area contributed by atoms with Crippen molar-refractivity contribution in [3.05, 3.63) is 66.7 Å². The van der Waals surface area contributed by atoms with Crippen molar-refractivity contribution in [3.63, 3.8) is 0 Å². The third-order valence-corrected chi connectivity index (χ3v) is 7.26. The van der Waals surface area contributed by atoms with Gasteiger partial charge in [-0.3, -0.25) is 4.79 Å². The van der Waals surface area contributed by atoms with Gasteiger partial charge in [-0.2, -0.15) is 4.72 Å². The van der Waals surface area contributed by atoms with Gasteiger partial charge in [0.25, 0.3) is 0 Å². The Hall–Kier alpha value is -2.94. The molecule has 180 valence electrons. The van der Waals surface area contributed by atoms with E-state index in [2.05, 4.69) is 10.0 Å². The minimum Gasteiger partial charge on any atom is -0.491 e. The average molecular weight is 483 g/mol. The number of benzene rings is 3. The van der Waals surface area contributed by atoms with E-state index in [4.69, 9.17) is 9.47 Å². The molecular weight excluding hydrogens is 452 g/mol. The van der Waals surface area contributed by atoms with Crippen LogP contribution in [0.4, 0.5) is 5.69 Å². The van der Waals surface area contributed by atoms with Gasteiger partial charge in [0.2, 0.25) is 15.9 Å². The number of carbonyl (C=O) groups is 1. The van der Waals surface area contributed by atoms with Gasteiger partial charge in [-0.25, -0.2) is 8.42 Å². The highest BCUT2D eigenvalue weighted by Crippen LogP contribution is 2.22. The molecule has 2 atom stereocenters. The SMILES string of the molecule is CC(C)[C@H](NS(=O)(=O)c1ccc2ccccc2c1)C(=O)Nc1cccc(OC[C@H]2CCCO2)c1. The van der Waals surface area contributed by atoms with E-state index in [0.717, 1.165) is 30.2 Å². The summed E-state index contributed by atoms with van der Waals surface area (Å²) in [7, 11) is -3.91. The molecule has 0 radical (unpaired) electrons. The molecule has 34 heavy (non-hydrogen) atoms. The van der Waals surface area contributed by atoms with Crippen molar-refractivity contribution < 1.29 is 22.7 Å². The molecule has 1 fully saturated rings. The van der Waals surface area contributed by atoms with E-state index in [1.54, 1.807) is 50.2 Å². The first kappa shape index (κ1) is 24.2. The molecule has 0 aromatic heterocycles. The topological polar surface area (TPSA) is 93.7 Å². The maximum absolute atomic E-state index is 13.1. The number of sulfonamides is 1. The van der Waals surface area contributed by atoms with E-state index >= 15 is 0 Å². The third-order valence-electron chi connectivity index (χ3n) is 5.82. The van der Waals surface area contributed by atoms with Crippen LogP contribution < -0.4 is 14.8 Å². The van der Waals surface area contributed by atoms with E-state index in [9.17, 15) is 13.2 Å². The zero-order valence-corrected chi connectivity index (χ0v) is 20.2. The van der Waals surface area contributed by atoms with E-state index in [-0.39, 0.29) is 16.9 Å². The smallest absolute Gasteiger partial charge is 0.242 e. The molecule has 0 unspecified atom stereocenters. The van der Waals surface area contributed by atoms with Gasteiger partial charge in [-0.15, -0.1) is 0 Å². The molecule has 2 N–H and O–H groups in total. The number of carbonyl (C=O) groups excluding carboxylic acids is 1. The van der Waals surface area contributed by atoms with Crippen molar-refractivity contribution >= 4 is 32.4 Å². The summed E-state index contributed by atoms with van der Waals surface area (Å²) in [6, 6.07) is 18.6. The molecule has 4 rings (SSSR count). The summed E-state index contributed by atoms with van der Waals surface area (Å²) >= 11 is 0. The number of rotatable bonds is 9. The Labute approximate surface area is 200 Å². The molecule has 1 aliphatic heterocycles. The van der Waals surface area contributed by atoms with Crippen LogP contribution in [0, 0.1) is 5.92 Å². The van der Waals surface area contributed by atoms with Crippen LogP contribution in [-0.4, -0.2) is 39.7 Å². The summed E-state index contributed by atoms with van der Waals surface area (Å²) < 4.78 is 40.1. The molecule has 0 aliphatic carbocycles. The van der Waals surface area contributed by atoms with Crippen molar-refractivity contribution in [2.24, 2.45) is 5.92 Å². The van der Waals surface area contributed by atoms with Crippen LogP contribution in [0.2, 0.25) is 0 Å². The predicted octanol–water partition coefficient (Wildman–Crippen LogP) is 4.34. The van der Waals surface area contributed by atoms with Gasteiger partial charge in [-0.1, -0.05) is 50.2 Å². The molecule has 1 amide bonds. The monoisotopic (exact) mass is 482 g/mol.